The first-order valence-corrected chi connectivity index (χ1v) is 9.54. The van der Waals surface area contributed by atoms with Crippen LogP contribution >= 0.6 is 23.2 Å². The molecule has 3 rings (SSSR count). The lowest BCUT2D eigenvalue weighted by molar-refractivity contribution is 0.0602. The molecule has 2 amide bonds. The van der Waals surface area contributed by atoms with Crippen molar-refractivity contribution in [1.29, 1.82) is 0 Å². The average Bonchev–Trinajstić information content (AvgIpc) is 2.75. The second-order valence-corrected chi connectivity index (χ2v) is 6.97. The van der Waals surface area contributed by atoms with Crippen LogP contribution in [0, 0.1) is 0 Å². The summed E-state index contributed by atoms with van der Waals surface area (Å²) in [5, 5.41) is 4.56. The van der Waals surface area contributed by atoms with Crippen molar-refractivity contribution in [2.75, 3.05) is 17.4 Å². The summed E-state index contributed by atoms with van der Waals surface area (Å²) >= 11 is 12.1. The van der Waals surface area contributed by atoms with Gasteiger partial charge in [-0.2, -0.15) is 0 Å². The predicted octanol–water partition coefficient (Wildman–Crippen LogP) is 4.31. The number of aromatic nitrogens is 1. The number of anilines is 1. The van der Waals surface area contributed by atoms with E-state index in [4.69, 9.17) is 27.9 Å². The molecule has 154 valence electrons. The summed E-state index contributed by atoms with van der Waals surface area (Å²) in [5.74, 6) is -0.598. The molecular formula is C21H17Cl2N3O4. The number of para-hydroxylation sites is 1. The normalized spacial score (nSPS) is 10.4. The summed E-state index contributed by atoms with van der Waals surface area (Å²) in [6.45, 7) is 0.0209. The molecule has 1 aromatic heterocycles. The number of hydrogen-bond donors (Lipinski definition) is 1. The standard InChI is InChI=1S/C21H17Cl2N3O4/c1-30-20(28)15-6-2-3-7-18(15)24-21(29)26(25-11-5-4-8-19(25)27)13-14-9-10-16(22)17(23)12-14/h2-12H,13H2,1H3,(H,24,29). The molecule has 9 heteroatoms. The van der Waals surface area contributed by atoms with E-state index in [2.05, 4.69) is 5.32 Å². The van der Waals surface area contributed by atoms with Crippen LogP contribution in [-0.4, -0.2) is 23.8 Å². The first kappa shape index (κ1) is 21.4. The smallest absolute Gasteiger partial charge is 0.341 e. The molecule has 0 unspecified atom stereocenters. The molecule has 0 bridgehead atoms. The highest BCUT2D eigenvalue weighted by Gasteiger charge is 2.20. The van der Waals surface area contributed by atoms with Gasteiger partial charge in [-0.25, -0.2) is 19.3 Å². The number of urea groups is 1. The van der Waals surface area contributed by atoms with Gasteiger partial charge in [0.25, 0.3) is 5.56 Å². The molecule has 0 saturated heterocycles. The minimum Gasteiger partial charge on any atom is -0.465 e. The summed E-state index contributed by atoms with van der Waals surface area (Å²) in [4.78, 5) is 37.5. The van der Waals surface area contributed by atoms with E-state index in [1.807, 2.05) is 0 Å². The van der Waals surface area contributed by atoms with Crippen LogP contribution in [0.25, 0.3) is 0 Å². The van der Waals surface area contributed by atoms with E-state index in [9.17, 15) is 14.4 Å². The van der Waals surface area contributed by atoms with Gasteiger partial charge in [0, 0.05) is 12.3 Å². The van der Waals surface area contributed by atoms with Crippen LogP contribution in [-0.2, 0) is 11.3 Å². The van der Waals surface area contributed by atoms with E-state index in [-0.39, 0.29) is 17.8 Å². The number of carbonyl (C=O) groups excluding carboxylic acids is 2. The fourth-order valence-corrected chi connectivity index (χ4v) is 3.06. The highest BCUT2D eigenvalue weighted by molar-refractivity contribution is 6.42. The zero-order valence-electron chi connectivity index (χ0n) is 15.8. The Morgan fingerprint density at radius 1 is 1.03 bits per heavy atom. The van der Waals surface area contributed by atoms with Crippen molar-refractivity contribution in [3.8, 4) is 0 Å². The SMILES string of the molecule is COC(=O)c1ccccc1NC(=O)N(Cc1ccc(Cl)c(Cl)c1)n1ccccc1=O. The quantitative estimate of drug-likeness (QED) is 0.593. The van der Waals surface area contributed by atoms with Crippen LogP contribution < -0.4 is 15.9 Å². The Labute approximate surface area is 182 Å². The summed E-state index contributed by atoms with van der Waals surface area (Å²) < 4.78 is 5.92. The molecule has 0 radical (unpaired) electrons. The zero-order valence-corrected chi connectivity index (χ0v) is 17.4. The molecule has 0 aliphatic carbocycles. The largest absolute Gasteiger partial charge is 0.465 e. The van der Waals surface area contributed by atoms with Gasteiger partial charge in [0.1, 0.15) is 0 Å². The number of amides is 2. The van der Waals surface area contributed by atoms with Gasteiger partial charge in [0.15, 0.2) is 0 Å². The van der Waals surface area contributed by atoms with Gasteiger partial charge in [-0.1, -0.05) is 47.5 Å². The number of methoxy groups -OCH3 is 1. The fourth-order valence-electron chi connectivity index (χ4n) is 2.73. The Hall–Kier alpha value is -3.29. The Kier molecular flexibility index (Phi) is 6.76. The fraction of sp³-hybridized carbons (Fsp3) is 0.0952. The van der Waals surface area contributed by atoms with Gasteiger partial charge in [-0.05, 0) is 35.9 Å². The summed E-state index contributed by atoms with van der Waals surface area (Å²) in [7, 11) is 1.25. The number of carbonyl (C=O) groups is 2. The lowest BCUT2D eigenvalue weighted by Gasteiger charge is -2.25. The molecule has 0 saturated carbocycles. The summed E-state index contributed by atoms with van der Waals surface area (Å²) in [5.41, 5.74) is 0.672. The summed E-state index contributed by atoms with van der Waals surface area (Å²) in [6, 6.07) is 15.2. The van der Waals surface area contributed by atoms with Crippen LogP contribution in [0.5, 0.6) is 0 Å². The van der Waals surface area contributed by atoms with Crippen LogP contribution in [0.3, 0.4) is 0 Å². The average molecular weight is 446 g/mol. The lowest BCUT2D eigenvalue weighted by atomic mass is 10.2. The number of rotatable bonds is 5. The maximum Gasteiger partial charge on any atom is 0.341 e. The number of ether oxygens (including phenoxy) is 1. The molecule has 0 spiro atoms. The minimum absolute atomic E-state index is 0.0209. The van der Waals surface area contributed by atoms with Gasteiger partial charge in [0.2, 0.25) is 0 Å². The maximum atomic E-state index is 13.1. The van der Waals surface area contributed by atoms with Gasteiger partial charge in [0.05, 0.1) is 35.0 Å². The zero-order chi connectivity index (χ0) is 21.7. The highest BCUT2D eigenvalue weighted by atomic mass is 35.5. The molecule has 7 nitrogen and oxygen atoms in total. The number of esters is 1. The van der Waals surface area contributed by atoms with Crippen LogP contribution in [0.1, 0.15) is 15.9 Å². The minimum atomic E-state index is -0.634. The number of pyridine rings is 1. The predicted molar refractivity (Wildman–Crippen MR) is 116 cm³/mol. The van der Waals surface area contributed by atoms with Crippen LogP contribution in [0.15, 0.2) is 71.7 Å². The van der Waals surface area contributed by atoms with Crippen LogP contribution in [0.2, 0.25) is 10.0 Å². The van der Waals surface area contributed by atoms with Crippen molar-refractivity contribution in [1.82, 2.24) is 4.68 Å². The van der Waals surface area contributed by atoms with Gasteiger partial charge < -0.3 is 10.1 Å². The number of benzene rings is 2. The van der Waals surface area contributed by atoms with Crippen molar-refractivity contribution in [3.05, 3.63) is 98.4 Å². The molecule has 1 N–H and O–H groups in total. The first-order chi connectivity index (χ1) is 14.4. The summed E-state index contributed by atoms with van der Waals surface area (Å²) in [6.07, 6.45) is 1.46. The highest BCUT2D eigenvalue weighted by Crippen LogP contribution is 2.23. The second-order valence-electron chi connectivity index (χ2n) is 6.16. The van der Waals surface area contributed by atoms with Gasteiger partial charge in [-0.3, -0.25) is 4.79 Å². The Morgan fingerprint density at radius 3 is 2.47 bits per heavy atom. The molecule has 0 atom stereocenters. The third kappa shape index (κ3) is 4.82. The van der Waals surface area contributed by atoms with Crippen molar-refractivity contribution in [3.63, 3.8) is 0 Å². The molecule has 0 fully saturated rings. The molecule has 2 aromatic carbocycles. The van der Waals surface area contributed by atoms with E-state index in [1.54, 1.807) is 48.5 Å². The van der Waals surface area contributed by atoms with Crippen molar-refractivity contribution >= 4 is 40.9 Å². The van der Waals surface area contributed by atoms with E-state index in [0.29, 0.717) is 15.6 Å². The molecule has 0 aliphatic heterocycles. The maximum absolute atomic E-state index is 13.1. The van der Waals surface area contributed by atoms with Crippen molar-refractivity contribution < 1.29 is 14.3 Å². The number of nitrogens with one attached hydrogen (secondary N) is 1. The van der Waals surface area contributed by atoms with Gasteiger partial charge in [-0.15, -0.1) is 0 Å². The Bertz CT molecular complexity index is 1150. The number of nitrogens with zero attached hydrogens (tertiary/aromatic N) is 2. The topological polar surface area (TPSA) is 80.6 Å². The molecular weight excluding hydrogens is 429 g/mol. The first-order valence-electron chi connectivity index (χ1n) is 8.78. The monoisotopic (exact) mass is 445 g/mol. The van der Waals surface area contributed by atoms with E-state index in [0.717, 1.165) is 0 Å². The number of halogens is 2. The third-order valence-corrected chi connectivity index (χ3v) is 4.93. The van der Waals surface area contributed by atoms with E-state index < -0.39 is 17.6 Å². The Morgan fingerprint density at radius 2 is 1.77 bits per heavy atom. The van der Waals surface area contributed by atoms with E-state index in [1.165, 1.54) is 35.1 Å². The molecule has 3 aromatic rings. The Balaban J connectivity index is 1.97. The van der Waals surface area contributed by atoms with Gasteiger partial charge >= 0.3 is 12.0 Å². The third-order valence-electron chi connectivity index (χ3n) is 4.19. The van der Waals surface area contributed by atoms with Crippen molar-refractivity contribution in [2.45, 2.75) is 6.54 Å². The van der Waals surface area contributed by atoms with E-state index >= 15 is 0 Å². The van der Waals surface area contributed by atoms with Crippen molar-refractivity contribution in [2.24, 2.45) is 0 Å². The lowest BCUT2D eigenvalue weighted by Crippen LogP contribution is -2.47. The number of hydrogen-bond acceptors (Lipinski definition) is 4. The second kappa shape index (κ2) is 9.47. The molecule has 1 heterocycles. The molecule has 0 aliphatic rings. The molecule has 30 heavy (non-hydrogen) atoms. The van der Waals surface area contributed by atoms with Crippen LogP contribution in [0.4, 0.5) is 10.5 Å².